The van der Waals surface area contributed by atoms with Crippen molar-refractivity contribution >= 4 is 21.6 Å². The van der Waals surface area contributed by atoms with E-state index in [4.69, 9.17) is 10.8 Å². The standard InChI is InChI=1S/C13H19BrN2O/c14-12-2-1-11(8-15)13(7-12)16-5-3-10(9-17)4-6-16/h1-2,7,10,17H,3-6,8-9,15H2. The SMILES string of the molecule is NCc1ccc(Br)cc1N1CCC(CO)CC1. The van der Waals surface area contributed by atoms with Crippen LogP contribution in [0.15, 0.2) is 22.7 Å². The van der Waals surface area contributed by atoms with Gasteiger partial charge in [-0.15, -0.1) is 0 Å². The predicted octanol–water partition coefficient (Wildman–Crippen LogP) is 2.12. The van der Waals surface area contributed by atoms with Crippen LogP contribution in [0.25, 0.3) is 0 Å². The maximum atomic E-state index is 9.15. The number of aliphatic hydroxyl groups is 1. The topological polar surface area (TPSA) is 49.5 Å². The Kier molecular flexibility index (Phi) is 4.42. The third-order valence-electron chi connectivity index (χ3n) is 3.48. The molecular formula is C13H19BrN2O. The molecule has 1 aromatic carbocycles. The van der Waals surface area contributed by atoms with Crippen molar-refractivity contribution in [3.8, 4) is 0 Å². The van der Waals surface area contributed by atoms with Gasteiger partial charge in [-0.3, -0.25) is 0 Å². The van der Waals surface area contributed by atoms with Crippen LogP contribution in [-0.2, 0) is 6.54 Å². The lowest BCUT2D eigenvalue weighted by Gasteiger charge is -2.34. The predicted molar refractivity (Wildman–Crippen MR) is 74.1 cm³/mol. The van der Waals surface area contributed by atoms with Gasteiger partial charge in [0.25, 0.3) is 0 Å². The van der Waals surface area contributed by atoms with Gasteiger partial charge in [0.1, 0.15) is 0 Å². The van der Waals surface area contributed by atoms with Gasteiger partial charge in [0.05, 0.1) is 0 Å². The lowest BCUT2D eigenvalue weighted by atomic mass is 9.97. The molecule has 1 aliphatic heterocycles. The van der Waals surface area contributed by atoms with E-state index in [-0.39, 0.29) is 0 Å². The van der Waals surface area contributed by atoms with Gasteiger partial charge in [-0.25, -0.2) is 0 Å². The van der Waals surface area contributed by atoms with E-state index in [0.29, 0.717) is 19.1 Å². The molecule has 1 fully saturated rings. The summed E-state index contributed by atoms with van der Waals surface area (Å²) in [6, 6.07) is 6.26. The van der Waals surface area contributed by atoms with Crippen molar-refractivity contribution in [3.05, 3.63) is 28.2 Å². The van der Waals surface area contributed by atoms with Crippen molar-refractivity contribution in [1.82, 2.24) is 0 Å². The first-order valence-electron chi connectivity index (χ1n) is 6.09. The molecule has 94 valence electrons. The molecule has 2 rings (SSSR count). The summed E-state index contributed by atoms with van der Waals surface area (Å²) < 4.78 is 1.09. The largest absolute Gasteiger partial charge is 0.396 e. The molecule has 1 aromatic rings. The molecule has 0 spiro atoms. The number of rotatable bonds is 3. The first-order valence-corrected chi connectivity index (χ1v) is 6.88. The molecule has 0 radical (unpaired) electrons. The Balaban J connectivity index is 2.14. The number of nitrogens with zero attached hydrogens (tertiary/aromatic N) is 1. The smallest absolute Gasteiger partial charge is 0.0460 e. The van der Waals surface area contributed by atoms with Crippen LogP contribution in [0.3, 0.4) is 0 Å². The summed E-state index contributed by atoms with van der Waals surface area (Å²) in [4.78, 5) is 2.37. The summed E-state index contributed by atoms with van der Waals surface area (Å²) in [6.45, 7) is 2.90. The van der Waals surface area contributed by atoms with Crippen LogP contribution in [0.5, 0.6) is 0 Å². The molecule has 1 saturated heterocycles. The highest BCUT2D eigenvalue weighted by Crippen LogP contribution is 2.28. The van der Waals surface area contributed by atoms with E-state index in [9.17, 15) is 0 Å². The van der Waals surface area contributed by atoms with Crippen molar-refractivity contribution in [2.75, 3.05) is 24.6 Å². The fourth-order valence-electron chi connectivity index (χ4n) is 2.36. The van der Waals surface area contributed by atoms with Gasteiger partial charge in [0, 0.05) is 36.4 Å². The first-order chi connectivity index (χ1) is 8.24. The van der Waals surface area contributed by atoms with E-state index in [2.05, 4.69) is 33.0 Å². The molecule has 1 heterocycles. The van der Waals surface area contributed by atoms with Gasteiger partial charge in [0.2, 0.25) is 0 Å². The minimum atomic E-state index is 0.316. The normalized spacial score (nSPS) is 17.5. The summed E-state index contributed by atoms with van der Waals surface area (Å²) in [5.74, 6) is 0.472. The Bertz CT molecular complexity index is 376. The Hall–Kier alpha value is -0.580. The maximum Gasteiger partial charge on any atom is 0.0460 e. The van der Waals surface area contributed by atoms with Crippen LogP contribution in [0.1, 0.15) is 18.4 Å². The minimum Gasteiger partial charge on any atom is -0.396 e. The van der Waals surface area contributed by atoms with Crippen molar-refractivity contribution in [1.29, 1.82) is 0 Å². The van der Waals surface area contributed by atoms with Crippen molar-refractivity contribution < 1.29 is 5.11 Å². The lowest BCUT2D eigenvalue weighted by Crippen LogP contribution is -2.35. The molecule has 4 heteroatoms. The molecule has 0 unspecified atom stereocenters. The molecule has 1 aliphatic rings. The Morgan fingerprint density at radius 2 is 2.06 bits per heavy atom. The zero-order valence-corrected chi connectivity index (χ0v) is 11.5. The van der Waals surface area contributed by atoms with E-state index >= 15 is 0 Å². The highest BCUT2D eigenvalue weighted by atomic mass is 79.9. The Labute approximate surface area is 111 Å². The molecule has 0 amide bonds. The summed E-state index contributed by atoms with van der Waals surface area (Å²) in [5.41, 5.74) is 8.20. The van der Waals surface area contributed by atoms with Gasteiger partial charge in [0.15, 0.2) is 0 Å². The van der Waals surface area contributed by atoms with E-state index in [0.717, 1.165) is 30.4 Å². The average Bonchev–Trinajstić information content (AvgIpc) is 2.39. The molecule has 17 heavy (non-hydrogen) atoms. The Morgan fingerprint density at radius 1 is 1.35 bits per heavy atom. The van der Waals surface area contributed by atoms with Crippen LogP contribution in [0.2, 0.25) is 0 Å². The van der Waals surface area contributed by atoms with E-state index in [1.165, 1.54) is 11.3 Å². The zero-order valence-electron chi connectivity index (χ0n) is 9.90. The molecule has 0 aliphatic carbocycles. The fourth-order valence-corrected chi connectivity index (χ4v) is 2.71. The fraction of sp³-hybridized carbons (Fsp3) is 0.538. The molecule has 0 saturated carbocycles. The molecule has 0 bridgehead atoms. The van der Waals surface area contributed by atoms with Crippen LogP contribution >= 0.6 is 15.9 Å². The number of aliphatic hydroxyl groups excluding tert-OH is 1. The number of hydrogen-bond acceptors (Lipinski definition) is 3. The number of nitrogens with two attached hydrogens (primary N) is 1. The number of anilines is 1. The molecular weight excluding hydrogens is 280 g/mol. The molecule has 3 N–H and O–H groups in total. The quantitative estimate of drug-likeness (QED) is 0.899. The minimum absolute atomic E-state index is 0.316. The number of hydrogen-bond donors (Lipinski definition) is 2. The molecule has 0 atom stereocenters. The highest BCUT2D eigenvalue weighted by Gasteiger charge is 2.20. The molecule has 3 nitrogen and oxygen atoms in total. The average molecular weight is 299 g/mol. The van der Waals surface area contributed by atoms with Gasteiger partial charge in [-0.05, 0) is 36.5 Å². The third-order valence-corrected chi connectivity index (χ3v) is 3.97. The first kappa shape index (κ1) is 12.9. The van der Waals surface area contributed by atoms with E-state index in [1.807, 2.05) is 6.07 Å². The van der Waals surface area contributed by atoms with Crippen molar-refractivity contribution in [3.63, 3.8) is 0 Å². The second kappa shape index (κ2) is 5.85. The van der Waals surface area contributed by atoms with Crippen LogP contribution in [0.4, 0.5) is 5.69 Å². The van der Waals surface area contributed by atoms with Crippen LogP contribution in [0, 0.1) is 5.92 Å². The zero-order chi connectivity index (χ0) is 12.3. The number of piperidine rings is 1. The second-order valence-electron chi connectivity index (χ2n) is 4.59. The van der Waals surface area contributed by atoms with Crippen molar-refractivity contribution in [2.24, 2.45) is 11.7 Å². The summed E-state index contributed by atoms with van der Waals surface area (Å²) in [5, 5.41) is 9.15. The van der Waals surface area contributed by atoms with Crippen LogP contribution in [-0.4, -0.2) is 24.8 Å². The molecule has 0 aromatic heterocycles. The van der Waals surface area contributed by atoms with Gasteiger partial charge in [-0.1, -0.05) is 22.0 Å². The Morgan fingerprint density at radius 3 is 2.65 bits per heavy atom. The summed E-state index contributed by atoms with van der Waals surface area (Å²) >= 11 is 3.51. The van der Waals surface area contributed by atoms with Crippen molar-refractivity contribution in [2.45, 2.75) is 19.4 Å². The van der Waals surface area contributed by atoms with Gasteiger partial charge in [-0.2, -0.15) is 0 Å². The second-order valence-corrected chi connectivity index (χ2v) is 5.51. The third kappa shape index (κ3) is 3.00. The summed E-state index contributed by atoms with van der Waals surface area (Å²) in [6.07, 6.45) is 2.13. The summed E-state index contributed by atoms with van der Waals surface area (Å²) in [7, 11) is 0. The van der Waals surface area contributed by atoms with Gasteiger partial charge >= 0.3 is 0 Å². The van der Waals surface area contributed by atoms with E-state index in [1.54, 1.807) is 0 Å². The van der Waals surface area contributed by atoms with Gasteiger partial charge < -0.3 is 15.7 Å². The number of benzene rings is 1. The lowest BCUT2D eigenvalue weighted by molar-refractivity contribution is 0.203. The number of halogens is 1. The monoisotopic (exact) mass is 298 g/mol. The van der Waals surface area contributed by atoms with E-state index < -0.39 is 0 Å². The van der Waals surface area contributed by atoms with Crippen LogP contribution < -0.4 is 10.6 Å². The highest BCUT2D eigenvalue weighted by molar-refractivity contribution is 9.10. The maximum absolute atomic E-state index is 9.15.